The van der Waals surface area contributed by atoms with Gasteiger partial charge in [-0.2, -0.15) is 0 Å². The van der Waals surface area contributed by atoms with Crippen molar-refractivity contribution in [2.24, 2.45) is 5.41 Å². The zero-order valence-corrected chi connectivity index (χ0v) is 18.9. The Balaban J connectivity index is 2.61. The minimum atomic E-state index is -1.27. The van der Waals surface area contributed by atoms with E-state index in [0.717, 1.165) is 6.08 Å². The molecule has 0 radical (unpaired) electrons. The first-order valence-corrected chi connectivity index (χ1v) is 10.3. The Bertz CT molecular complexity index is 845. The molecule has 0 aliphatic heterocycles. The summed E-state index contributed by atoms with van der Waals surface area (Å²) in [6.45, 7) is 6.77. The maximum Gasteiger partial charge on any atom is 0.339 e. The van der Waals surface area contributed by atoms with Crippen molar-refractivity contribution in [3.63, 3.8) is 0 Å². The lowest BCUT2D eigenvalue weighted by Gasteiger charge is -2.21. The SMILES string of the molecule is C=CC(=O)OCC(O)COC(=O)c1ccccc1C(=O)OCC(O)COC(=O)C(C)(C)CC. The van der Waals surface area contributed by atoms with Crippen molar-refractivity contribution < 1.29 is 48.3 Å². The van der Waals surface area contributed by atoms with Gasteiger partial charge in [0.15, 0.2) is 0 Å². The monoisotopic (exact) mass is 466 g/mol. The Morgan fingerprint density at radius 2 is 1.30 bits per heavy atom. The average Bonchev–Trinajstić information content (AvgIpc) is 2.82. The summed E-state index contributed by atoms with van der Waals surface area (Å²) in [4.78, 5) is 47.7. The summed E-state index contributed by atoms with van der Waals surface area (Å²) in [6.07, 6.45) is -1.04. The number of hydrogen-bond acceptors (Lipinski definition) is 10. The number of hydrogen-bond donors (Lipinski definition) is 2. The summed E-state index contributed by atoms with van der Waals surface area (Å²) in [5.41, 5.74) is -0.939. The normalized spacial score (nSPS) is 12.8. The first kappa shape index (κ1) is 27.8. The van der Waals surface area contributed by atoms with Gasteiger partial charge in [0.05, 0.1) is 16.5 Å². The number of carbonyl (C=O) groups is 4. The molecule has 1 aromatic carbocycles. The highest BCUT2D eigenvalue weighted by molar-refractivity contribution is 6.03. The number of esters is 4. The third kappa shape index (κ3) is 9.42. The fourth-order valence-corrected chi connectivity index (χ4v) is 2.18. The lowest BCUT2D eigenvalue weighted by atomic mass is 9.91. The van der Waals surface area contributed by atoms with Gasteiger partial charge in [-0.25, -0.2) is 14.4 Å². The van der Waals surface area contributed by atoms with Crippen LogP contribution < -0.4 is 0 Å². The van der Waals surface area contributed by atoms with Gasteiger partial charge in [-0.3, -0.25) is 4.79 Å². The van der Waals surface area contributed by atoms with Crippen molar-refractivity contribution in [2.45, 2.75) is 39.4 Å². The molecule has 33 heavy (non-hydrogen) atoms. The number of aliphatic hydroxyl groups is 2. The van der Waals surface area contributed by atoms with E-state index in [4.69, 9.17) is 14.2 Å². The van der Waals surface area contributed by atoms with Crippen molar-refractivity contribution in [3.05, 3.63) is 48.0 Å². The molecule has 0 aliphatic rings. The van der Waals surface area contributed by atoms with E-state index in [-0.39, 0.29) is 17.7 Å². The molecule has 0 fully saturated rings. The zero-order chi connectivity index (χ0) is 25.0. The first-order chi connectivity index (χ1) is 15.5. The topological polar surface area (TPSA) is 146 Å². The molecule has 0 amide bonds. The molecular formula is C23H30O10. The van der Waals surface area contributed by atoms with Crippen LogP contribution in [0.1, 0.15) is 47.9 Å². The molecule has 10 nitrogen and oxygen atoms in total. The Morgan fingerprint density at radius 1 is 0.879 bits per heavy atom. The van der Waals surface area contributed by atoms with Crippen LogP contribution in [-0.4, -0.2) is 72.7 Å². The predicted octanol–water partition coefficient (Wildman–Crippen LogP) is 1.43. The summed E-state index contributed by atoms with van der Waals surface area (Å²) in [5, 5.41) is 19.7. The van der Waals surface area contributed by atoms with Gasteiger partial charge in [-0.05, 0) is 32.4 Å². The van der Waals surface area contributed by atoms with Gasteiger partial charge >= 0.3 is 23.9 Å². The van der Waals surface area contributed by atoms with Crippen molar-refractivity contribution >= 4 is 23.9 Å². The highest BCUT2D eigenvalue weighted by Crippen LogP contribution is 2.21. The van der Waals surface area contributed by atoms with Gasteiger partial charge in [-0.1, -0.05) is 25.6 Å². The second-order valence-electron chi connectivity index (χ2n) is 7.72. The quantitative estimate of drug-likeness (QED) is 0.249. The molecular weight excluding hydrogens is 436 g/mol. The van der Waals surface area contributed by atoms with Crippen LogP contribution in [0.4, 0.5) is 0 Å². The Labute approximate surface area is 192 Å². The number of carbonyl (C=O) groups excluding carboxylic acids is 4. The predicted molar refractivity (Wildman–Crippen MR) is 115 cm³/mol. The fraction of sp³-hybridized carbons (Fsp3) is 0.478. The van der Waals surface area contributed by atoms with Crippen LogP contribution >= 0.6 is 0 Å². The van der Waals surface area contributed by atoms with E-state index in [1.807, 2.05) is 6.92 Å². The summed E-state index contributed by atoms with van der Waals surface area (Å²) < 4.78 is 19.7. The third-order valence-corrected chi connectivity index (χ3v) is 4.61. The maximum absolute atomic E-state index is 12.4. The molecule has 0 saturated carbocycles. The van der Waals surface area contributed by atoms with Crippen LogP contribution in [-0.2, 0) is 28.5 Å². The van der Waals surface area contributed by atoms with Gasteiger partial charge in [0.25, 0.3) is 0 Å². The van der Waals surface area contributed by atoms with Crippen LogP contribution in [0, 0.1) is 5.41 Å². The molecule has 0 bridgehead atoms. The van der Waals surface area contributed by atoms with Crippen LogP contribution in [0.5, 0.6) is 0 Å². The Morgan fingerprint density at radius 3 is 1.73 bits per heavy atom. The van der Waals surface area contributed by atoms with Crippen LogP contribution in [0.15, 0.2) is 36.9 Å². The summed E-state index contributed by atoms with van der Waals surface area (Å²) in [5.74, 6) is -3.03. The van der Waals surface area contributed by atoms with Crippen molar-refractivity contribution in [1.82, 2.24) is 0 Å². The van der Waals surface area contributed by atoms with E-state index in [0.29, 0.717) is 6.42 Å². The summed E-state index contributed by atoms with van der Waals surface area (Å²) >= 11 is 0. The van der Waals surface area contributed by atoms with E-state index in [1.165, 1.54) is 24.3 Å². The molecule has 0 heterocycles. The van der Waals surface area contributed by atoms with E-state index < -0.39 is 61.3 Å². The fourth-order valence-electron chi connectivity index (χ4n) is 2.18. The smallest absolute Gasteiger partial charge is 0.339 e. The summed E-state index contributed by atoms with van der Waals surface area (Å²) in [6, 6.07) is 5.66. The zero-order valence-electron chi connectivity index (χ0n) is 18.9. The van der Waals surface area contributed by atoms with Gasteiger partial charge in [0.1, 0.15) is 38.6 Å². The van der Waals surface area contributed by atoms with Crippen molar-refractivity contribution in [3.8, 4) is 0 Å². The summed E-state index contributed by atoms with van der Waals surface area (Å²) in [7, 11) is 0. The van der Waals surface area contributed by atoms with Crippen LogP contribution in [0.3, 0.4) is 0 Å². The number of ether oxygens (including phenoxy) is 4. The van der Waals surface area contributed by atoms with Gasteiger partial charge in [-0.15, -0.1) is 0 Å². The molecule has 0 spiro atoms. The standard InChI is InChI=1S/C23H30O10/c1-5-19(26)30-11-15(24)12-31-20(27)17-9-7-8-10-18(17)21(28)32-13-16(25)14-33-22(29)23(3,4)6-2/h5,7-10,15-16,24-25H,1,6,11-14H2,2-4H3. The molecule has 0 aliphatic carbocycles. The van der Waals surface area contributed by atoms with E-state index >= 15 is 0 Å². The van der Waals surface area contributed by atoms with Gasteiger partial charge in [0, 0.05) is 6.08 Å². The van der Waals surface area contributed by atoms with E-state index in [1.54, 1.807) is 13.8 Å². The second-order valence-corrected chi connectivity index (χ2v) is 7.72. The highest BCUT2D eigenvalue weighted by atomic mass is 16.6. The molecule has 0 saturated heterocycles. The second kappa shape index (κ2) is 13.3. The molecule has 2 unspecified atom stereocenters. The minimum Gasteiger partial charge on any atom is -0.462 e. The Kier molecular flexibility index (Phi) is 11.2. The van der Waals surface area contributed by atoms with E-state index in [9.17, 15) is 29.4 Å². The largest absolute Gasteiger partial charge is 0.462 e. The molecule has 182 valence electrons. The third-order valence-electron chi connectivity index (χ3n) is 4.61. The van der Waals surface area contributed by atoms with Crippen molar-refractivity contribution in [2.75, 3.05) is 26.4 Å². The number of rotatable bonds is 13. The molecule has 10 heteroatoms. The number of benzene rings is 1. The first-order valence-electron chi connectivity index (χ1n) is 10.3. The number of aliphatic hydroxyl groups excluding tert-OH is 2. The minimum absolute atomic E-state index is 0.119. The van der Waals surface area contributed by atoms with Gasteiger partial charge in [0.2, 0.25) is 0 Å². The molecule has 1 aromatic rings. The van der Waals surface area contributed by atoms with Crippen molar-refractivity contribution in [1.29, 1.82) is 0 Å². The van der Waals surface area contributed by atoms with Crippen LogP contribution in [0.25, 0.3) is 0 Å². The molecule has 1 rings (SSSR count). The lowest BCUT2D eigenvalue weighted by Crippen LogP contribution is -2.31. The lowest BCUT2D eigenvalue weighted by molar-refractivity contribution is -0.157. The molecule has 2 N–H and O–H groups in total. The Hall–Kier alpha value is -3.24. The van der Waals surface area contributed by atoms with Gasteiger partial charge < -0.3 is 29.2 Å². The molecule has 2 atom stereocenters. The maximum atomic E-state index is 12.4. The highest BCUT2D eigenvalue weighted by Gasteiger charge is 2.28. The van der Waals surface area contributed by atoms with E-state index in [2.05, 4.69) is 11.3 Å². The molecule has 0 aromatic heterocycles. The van der Waals surface area contributed by atoms with Crippen LogP contribution in [0.2, 0.25) is 0 Å². The average molecular weight is 466 g/mol.